The first-order valence-electron chi connectivity index (χ1n) is 6.15. The molecule has 1 heterocycles. The van der Waals surface area contributed by atoms with Crippen LogP contribution in [0.15, 0.2) is 0 Å². The van der Waals surface area contributed by atoms with E-state index in [4.69, 9.17) is 4.74 Å². The van der Waals surface area contributed by atoms with Crippen LogP contribution in [0.4, 0.5) is 0 Å². The number of rotatable bonds is 3. The van der Waals surface area contributed by atoms with Crippen molar-refractivity contribution in [2.24, 2.45) is 0 Å². The van der Waals surface area contributed by atoms with Crippen molar-refractivity contribution in [1.82, 2.24) is 5.32 Å². The molecule has 0 radical (unpaired) electrons. The minimum atomic E-state index is -0.254. The molecule has 0 amide bonds. The van der Waals surface area contributed by atoms with E-state index in [0.717, 1.165) is 14.7 Å². The Morgan fingerprint density at radius 3 is 2.11 bits per heavy atom. The number of nitrogens with zero attached hydrogens (tertiary/aromatic N) is 2. The van der Waals surface area contributed by atoms with Gasteiger partial charge in [0.25, 0.3) is 0 Å². The van der Waals surface area contributed by atoms with Crippen LogP contribution < -0.4 is 5.32 Å². The number of methoxy groups -OCH3 is 1. The van der Waals surface area contributed by atoms with E-state index in [1.807, 2.05) is 11.8 Å². The molecule has 1 aliphatic heterocycles. The fourth-order valence-corrected chi connectivity index (χ4v) is 3.81. The van der Waals surface area contributed by atoms with Gasteiger partial charge in [-0.05, 0) is 0 Å². The monoisotopic (exact) mass is 277 g/mol. The molecule has 0 aromatic rings. The van der Waals surface area contributed by atoms with Crippen molar-refractivity contribution in [1.29, 1.82) is 0 Å². The van der Waals surface area contributed by atoms with E-state index in [9.17, 15) is 4.79 Å². The van der Waals surface area contributed by atoms with Crippen LogP contribution in [0.5, 0.6) is 0 Å². The molecule has 3 atom stereocenters. The SMILES string of the molecule is COC(=O)C1NC([N+](C)(C)C)CSC1[N+](C)(C)C. The molecule has 1 aliphatic rings. The highest BCUT2D eigenvalue weighted by Gasteiger charge is 2.46. The highest BCUT2D eigenvalue weighted by molar-refractivity contribution is 7.99. The largest absolute Gasteiger partial charge is 0.468 e. The quantitative estimate of drug-likeness (QED) is 0.579. The molecule has 1 saturated heterocycles. The number of ether oxygens (including phenoxy) is 1. The van der Waals surface area contributed by atoms with E-state index in [2.05, 4.69) is 47.6 Å². The zero-order valence-electron chi connectivity index (χ0n) is 12.6. The molecule has 6 heteroatoms. The van der Waals surface area contributed by atoms with Crippen LogP contribution in [0.2, 0.25) is 0 Å². The zero-order valence-corrected chi connectivity index (χ0v) is 13.4. The van der Waals surface area contributed by atoms with Gasteiger partial charge in [-0.1, -0.05) is 11.8 Å². The first-order chi connectivity index (χ1) is 8.07. The summed E-state index contributed by atoms with van der Waals surface area (Å²) in [6.45, 7) is 0. The second-order valence-corrected chi connectivity index (χ2v) is 7.79. The van der Waals surface area contributed by atoms with E-state index < -0.39 is 0 Å². The minimum absolute atomic E-state index is 0.168. The normalized spacial score (nSPS) is 30.1. The van der Waals surface area contributed by atoms with Crippen molar-refractivity contribution in [3.05, 3.63) is 0 Å². The fourth-order valence-electron chi connectivity index (χ4n) is 2.05. The number of carbonyl (C=O) groups excluding carboxylic acids is 1. The molecule has 0 bridgehead atoms. The summed E-state index contributed by atoms with van der Waals surface area (Å²) in [5.41, 5.74) is 0. The van der Waals surface area contributed by atoms with Crippen LogP contribution in [0, 0.1) is 0 Å². The molecule has 18 heavy (non-hydrogen) atoms. The molecule has 3 unspecified atom stereocenters. The summed E-state index contributed by atoms with van der Waals surface area (Å²) in [4.78, 5) is 12.0. The number of esters is 1. The number of quaternary nitrogens is 2. The van der Waals surface area contributed by atoms with Crippen LogP contribution in [0.3, 0.4) is 0 Å². The highest BCUT2D eigenvalue weighted by atomic mass is 32.2. The Balaban J connectivity index is 2.90. The molecule has 0 spiro atoms. The molecule has 0 saturated carbocycles. The Kier molecular flexibility index (Phi) is 4.70. The third kappa shape index (κ3) is 3.60. The van der Waals surface area contributed by atoms with E-state index >= 15 is 0 Å². The lowest BCUT2D eigenvalue weighted by molar-refractivity contribution is -0.902. The summed E-state index contributed by atoms with van der Waals surface area (Å²) in [5, 5.41) is 3.64. The van der Waals surface area contributed by atoms with E-state index in [1.165, 1.54) is 7.11 Å². The number of hydrogen-bond donors (Lipinski definition) is 1. The maximum atomic E-state index is 12.0. The molecule has 1 fully saturated rings. The number of hydrogen-bond acceptors (Lipinski definition) is 4. The second-order valence-electron chi connectivity index (χ2n) is 6.64. The number of likely N-dealkylation sites (N-methyl/N-ethyl adjacent to an activating group) is 1. The van der Waals surface area contributed by atoms with E-state index in [1.54, 1.807) is 0 Å². The lowest BCUT2D eigenvalue weighted by Crippen LogP contribution is -2.68. The minimum Gasteiger partial charge on any atom is -0.468 e. The summed E-state index contributed by atoms with van der Waals surface area (Å²) >= 11 is 1.85. The van der Waals surface area contributed by atoms with Crippen molar-refractivity contribution in [3.63, 3.8) is 0 Å². The van der Waals surface area contributed by atoms with Gasteiger partial charge >= 0.3 is 5.97 Å². The standard InChI is InChI=1S/C12H27N3O2S/c1-14(2,3)9-8-18-11(15(4,5)6)10(13-9)12(16)17-7/h9-11,13H,8H2,1-7H3/q+2. The zero-order chi connectivity index (χ0) is 14.1. The summed E-state index contributed by atoms with van der Waals surface area (Å²) < 4.78 is 6.48. The number of nitrogens with one attached hydrogen (secondary N) is 1. The highest BCUT2D eigenvalue weighted by Crippen LogP contribution is 2.29. The van der Waals surface area contributed by atoms with Gasteiger partial charge in [-0.15, -0.1) is 0 Å². The van der Waals surface area contributed by atoms with Crippen molar-refractivity contribution in [3.8, 4) is 0 Å². The predicted molar refractivity (Wildman–Crippen MR) is 75.0 cm³/mol. The molecule has 0 aliphatic carbocycles. The van der Waals surface area contributed by atoms with Crippen molar-refractivity contribution in [2.75, 3.05) is 55.1 Å². The Morgan fingerprint density at radius 2 is 1.72 bits per heavy atom. The predicted octanol–water partition coefficient (Wildman–Crippen LogP) is -0.0710. The first-order valence-corrected chi connectivity index (χ1v) is 7.20. The Bertz CT molecular complexity index is 309. The molecule has 5 nitrogen and oxygen atoms in total. The Hall–Kier alpha value is -0.300. The van der Waals surface area contributed by atoms with Crippen molar-refractivity contribution in [2.45, 2.75) is 17.6 Å². The van der Waals surface area contributed by atoms with Crippen LogP contribution in [0.25, 0.3) is 0 Å². The maximum absolute atomic E-state index is 12.0. The van der Waals surface area contributed by atoms with Gasteiger partial charge in [0.05, 0.1) is 55.1 Å². The Labute approximate surface area is 115 Å². The molecule has 1 N–H and O–H groups in total. The lowest BCUT2D eigenvalue weighted by Gasteiger charge is -2.45. The summed E-state index contributed by atoms with van der Waals surface area (Å²) in [6.07, 6.45) is 0.266. The maximum Gasteiger partial charge on any atom is 0.330 e. The fraction of sp³-hybridized carbons (Fsp3) is 0.917. The average Bonchev–Trinajstić information content (AvgIpc) is 2.24. The van der Waals surface area contributed by atoms with Gasteiger partial charge in [0.1, 0.15) is 0 Å². The molecule has 1 rings (SSSR count). The van der Waals surface area contributed by atoms with Crippen molar-refractivity contribution >= 4 is 17.7 Å². The second kappa shape index (κ2) is 5.36. The third-order valence-corrected chi connectivity index (χ3v) is 4.99. The third-order valence-electron chi connectivity index (χ3n) is 3.24. The average molecular weight is 277 g/mol. The van der Waals surface area contributed by atoms with Crippen LogP contribution in [0.1, 0.15) is 0 Å². The molecular formula is C12H27N3O2S+2. The summed E-state index contributed by atoms with van der Waals surface area (Å²) in [5.74, 6) is 0.829. The van der Waals surface area contributed by atoms with Gasteiger partial charge in [-0.3, -0.25) is 4.79 Å². The van der Waals surface area contributed by atoms with Gasteiger partial charge in [-0.2, -0.15) is 0 Å². The van der Waals surface area contributed by atoms with Crippen LogP contribution in [-0.4, -0.2) is 87.7 Å². The molecule has 0 aromatic heterocycles. The van der Waals surface area contributed by atoms with Crippen molar-refractivity contribution < 1.29 is 18.5 Å². The van der Waals surface area contributed by atoms with Gasteiger partial charge in [0, 0.05) is 0 Å². The lowest BCUT2D eigenvalue weighted by atomic mass is 10.2. The van der Waals surface area contributed by atoms with Crippen LogP contribution >= 0.6 is 11.8 Å². The topological polar surface area (TPSA) is 38.3 Å². The first kappa shape index (κ1) is 15.8. The van der Waals surface area contributed by atoms with Gasteiger partial charge in [0.15, 0.2) is 17.6 Å². The Morgan fingerprint density at radius 1 is 1.17 bits per heavy atom. The molecule has 0 aromatic carbocycles. The van der Waals surface area contributed by atoms with Gasteiger partial charge < -0.3 is 13.7 Å². The molecule has 106 valence electrons. The van der Waals surface area contributed by atoms with Crippen LogP contribution in [-0.2, 0) is 9.53 Å². The number of carbonyl (C=O) groups is 1. The van der Waals surface area contributed by atoms with Gasteiger partial charge in [-0.25, -0.2) is 5.32 Å². The van der Waals surface area contributed by atoms with E-state index in [-0.39, 0.29) is 23.6 Å². The van der Waals surface area contributed by atoms with E-state index in [0.29, 0.717) is 0 Å². The smallest absolute Gasteiger partial charge is 0.330 e. The van der Waals surface area contributed by atoms with Gasteiger partial charge in [0.2, 0.25) is 0 Å². The molecular weight excluding hydrogens is 250 g/mol. The summed E-state index contributed by atoms with van der Waals surface area (Å²) in [7, 11) is 14.2. The number of thioether (sulfide) groups is 1. The summed E-state index contributed by atoms with van der Waals surface area (Å²) in [6, 6.07) is -0.254.